The summed E-state index contributed by atoms with van der Waals surface area (Å²) in [6.45, 7) is 2.92. The van der Waals surface area contributed by atoms with Gasteiger partial charge in [0.25, 0.3) is 10.0 Å². The Morgan fingerprint density at radius 3 is 2.83 bits per heavy atom. The summed E-state index contributed by atoms with van der Waals surface area (Å²) >= 11 is 0. The molecule has 18 heavy (non-hydrogen) atoms. The Bertz CT molecular complexity index is 489. The van der Waals surface area contributed by atoms with Gasteiger partial charge in [0, 0.05) is 19.1 Å². The Morgan fingerprint density at radius 2 is 2.28 bits per heavy atom. The molecule has 0 radical (unpaired) electrons. The fourth-order valence-corrected chi connectivity index (χ4v) is 3.40. The van der Waals surface area contributed by atoms with Gasteiger partial charge in [-0.3, -0.25) is 0 Å². The molecule has 2 N–H and O–H groups in total. The van der Waals surface area contributed by atoms with E-state index in [9.17, 15) is 8.42 Å². The molecule has 0 spiro atoms. The van der Waals surface area contributed by atoms with Crippen molar-refractivity contribution in [3.05, 3.63) is 6.20 Å². The van der Waals surface area contributed by atoms with Gasteiger partial charge >= 0.3 is 0 Å². The van der Waals surface area contributed by atoms with Gasteiger partial charge in [-0.1, -0.05) is 5.21 Å². The first-order chi connectivity index (χ1) is 8.00. The van der Waals surface area contributed by atoms with Gasteiger partial charge in [-0.25, -0.2) is 17.8 Å². The molecular weight excluding hydrogens is 278 g/mol. The maximum absolute atomic E-state index is 12.1. The number of hydrogen-bond donors (Lipinski definition) is 2. The van der Waals surface area contributed by atoms with E-state index in [1.807, 2.05) is 6.92 Å². The largest absolute Gasteiger partial charge is 0.313 e. The molecule has 2 heterocycles. The molecule has 0 saturated carbocycles. The van der Waals surface area contributed by atoms with Gasteiger partial charge in [0.05, 0.1) is 6.20 Å². The molecule has 1 aromatic rings. The average Bonchev–Trinajstić information content (AvgIpc) is 2.68. The van der Waals surface area contributed by atoms with Gasteiger partial charge < -0.3 is 5.32 Å². The zero-order valence-electron chi connectivity index (χ0n) is 10.3. The lowest BCUT2D eigenvalue weighted by Crippen LogP contribution is -2.52. The number of nitrogens with zero attached hydrogens (tertiary/aromatic N) is 3. The van der Waals surface area contributed by atoms with Crippen LogP contribution in [-0.4, -0.2) is 42.0 Å². The fourth-order valence-electron chi connectivity index (χ4n) is 1.99. The molecule has 1 aliphatic rings. The van der Waals surface area contributed by atoms with Crippen LogP contribution >= 0.6 is 12.4 Å². The highest BCUT2D eigenvalue weighted by atomic mass is 35.5. The molecule has 0 amide bonds. The molecule has 1 aliphatic heterocycles. The molecule has 2 atom stereocenters. The topological polar surface area (TPSA) is 88.9 Å². The Kier molecular flexibility index (Phi) is 5.09. The molecule has 1 saturated heterocycles. The normalized spacial score (nSPS) is 24.6. The third kappa shape index (κ3) is 3.19. The minimum absolute atomic E-state index is 0. The molecule has 7 nitrogen and oxygen atoms in total. The van der Waals surface area contributed by atoms with Crippen molar-refractivity contribution in [2.24, 2.45) is 7.05 Å². The third-order valence-corrected chi connectivity index (χ3v) is 4.55. The summed E-state index contributed by atoms with van der Waals surface area (Å²) in [7, 11) is -1.97. The van der Waals surface area contributed by atoms with Gasteiger partial charge in [-0.05, 0) is 26.3 Å². The van der Waals surface area contributed by atoms with E-state index in [1.165, 1.54) is 10.9 Å². The zero-order chi connectivity index (χ0) is 12.5. The van der Waals surface area contributed by atoms with Crippen LogP contribution < -0.4 is 10.0 Å². The second-order valence-corrected chi connectivity index (χ2v) is 5.97. The Labute approximate surface area is 113 Å². The van der Waals surface area contributed by atoms with Crippen molar-refractivity contribution < 1.29 is 8.42 Å². The molecule has 2 unspecified atom stereocenters. The van der Waals surface area contributed by atoms with Crippen molar-refractivity contribution in [1.29, 1.82) is 0 Å². The molecule has 0 bridgehead atoms. The highest BCUT2D eigenvalue weighted by Gasteiger charge is 2.28. The number of aryl methyl sites for hydroxylation is 1. The highest BCUT2D eigenvalue weighted by molar-refractivity contribution is 7.89. The fraction of sp³-hybridized carbons (Fsp3) is 0.778. The van der Waals surface area contributed by atoms with Crippen LogP contribution in [0.2, 0.25) is 0 Å². The van der Waals surface area contributed by atoms with Crippen molar-refractivity contribution in [2.75, 3.05) is 6.54 Å². The number of sulfonamides is 1. The summed E-state index contributed by atoms with van der Waals surface area (Å²) in [6, 6.07) is 0.0587. The van der Waals surface area contributed by atoms with Gasteiger partial charge in [-0.2, -0.15) is 0 Å². The predicted molar refractivity (Wildman–Crippen MR) is 69.1 cm³/mol. The number of halogens is 1. The van der Waals surface area contributed by atoms with E-state index in [-0.39, 0.29) is 29.5 Å². The monoisotopic (exact) mass is 295 g/mol. The van der Waals surface area contributed by atoms with E-state index in [1.54, 1.807) is 7.05 Å². The molecule has 1 aromatic heterocycles. The lowest BCUT2D eigenvalue weighted by atomic mass is 10.0. The highest BCUT2D eigenvalue weighted by Crippen LogP contribution is 2.12. The van der Waals surface area contributed by atoms with Crippen LogP contribution in [0.1, 0.15) is 19.8 Å². The van der Waals surface area contributed by atoms with Crippen LogP contribution in [0.15, 0.2) is 11.2 Å². The lowest BCUT2D eigenvalue weighted by molar-refractivity contribution is 0.348. The van der Waals surface area contributed by atoms with E-state index < -0.39 is 10.0 Å². The molecule has 9 heteroatoms. The third-order valence-electron chi connectivity index (χ3n) is 3.02. The summed E-state index contributed by atoms with van der Waals surface area (Å²) in [5.74, 6) is 0. The van der Waals surface area contributed by atoms with E-state index in [4.69, 9.17) is 0 Å². The summed E-state index contributed by atoms with van der Waals surface area (Å²) in [4.78, 5) is 0. The van der Waals surface area contributed by atoms with E-state index in [0.717, 1.165) is 19.4 Å². The van der Waals surface area contributed by atoms with Crippen molar-refractivity contribution in [1.82, 2.24) is 25.0 Å². The summed E-state index contributed by atoms with van der Waals surface area (Å²) in [5.41, 5.74) is 0. The van der Waals surface area contributed by atoms with E-state index >= 15 is 0 Å². The minimum atomic E-state index is -3.53. The Hall–Kier alpha value is -0.700. The van der Waals surface area contributed by atoms with E-state index in [2.05, 4.69) is 20.4 Å². The number of rotatable bonds is 3. The molecule has 2 rings (SSSR count). The first-order valence-corrected chi connectivity index (χ1v) is 7.09. The maximum atomic E-state index is 12.1. The molecular formula is C9H18ClN5O2S. The van der Waals surface area contributed by atoms with Crippen molar-refractivity contribution in [3.63, 3.8) is 0 Å². The Balaban J connectivity index is 0.00000162. The van der Waals surface area contributed by atoms with Crippen molar-refractivity contribution in [2.45, 2.75) is 36.9 Å². The zero-order valence-corrected chi connectivity index (χ0v) is 12.0. The summed E-state index contributed by atoms with van der Waals surface area (Å²) in [6.07, 6.45) is 3.07. The number of aromatic nitrogens is 3. The van der Waals surface area contributed by atoms with Gasteiger partial charge in [0.15, 0.2) is 5.03 Å². The van der Waals surface area contributed by atoms with Crippen molar-refractivity contribution >= 4 is 22.4 Å². The predicted octanol–water partition coefficient (Wildman–Crippen LogP) is -0.344. The number of piperidine rings is 1. The standard InChI is InChI=1S/C9H17N5O2S.ClH/c1-7-8(4-3-5-10-7)12-17(15,16)9-6-11-13-14(9)2;/h6-8,10,12H,3-5H2,1-2H3;1H. The average molecular weight is 296 g/mol. The summed E-state index contributed by atoms with van der Waals surface area (Å²) in [5, 5.41) is 10.5. The van der Waals surface area contributed by atoms with Crippen LogP contribution in [0.5, 0.6) is 0 Å². The molecule has 104 valence electrons. The minimum Gasteiger partial charge on any atom is -0.313 e. The van der Waals surface area contributed by atoms with Crippen LogP contribution in [0.3, 0.4) is 0 Å². The Morgan fingerprint density at radius 1 is 1.56 bits per heavy atom. The van der Waals surface area contributed by atoms with Crippen LogP contribution in [0.4, 0.5) is 0 Å². The van der Waals surface area contributed by atoms with Gasteiger partial charge in [-0.15, -0.1) is 17.5 Å². The molecule has 0 aliphatic carbocycles. The van der Waals surface area contributed by atoms with Crippen LogP contribution in [-0.2, 0) is 17.1 Å². The first-order valence-electron chi connectivity index (χ1n) is 5.61. The first kappa shape index (κ1) is 15.4. The second kappa shape index (κ2) is 5.96. The molecule has 0 aromatic carbocycles. The summed E-state index contributed by atoms with van der Waals surface area (Å²) < 4.78 is 28.1. The smallest absolute Gasteiger partial charge is 0.259 e. The van der Waals surface area contributed by atoms with Gasteiger partial charge in [0.2, 0.25) is 0 Å². The van der Waals surface area contributed by atoms with Crippen LogP contribution in [0.25, 0.3) is 0 Å². The molecule has 1 fully saturated rings. The van der Waals surface area contributed by atoms with Crippen LogP contribution in [0, 0.1) is 0 Å². The van der Waals surface area contributed by atoms with Crippen molar-refractivity contribution in [3.8, 4) is 0 Å². The quantitative estimate of drug-likeness (QED) is 0.796. The second-order valence-electron chi connectivity index (χ2n) is 4.31. The lowest BCUT2D eigenvalue weighted by Gasteiger charge is -2.30. The van der Waals surface area contributed by atoms with E-state index in [0.29, 0.717) is 0 Å². The SMILES string of the molecule is CC1NCCCC1NS(=O)(=O)c1cnnn1C.Cl. The number of nitrogens with one attached hydrogen (secondary N) is 2. The van der Waals surface area contributed by atoms with Gasteiger partial charge in [0.1, 0.15) is 0 Å². The maximum Gasteiger partial charge on any atom is 0.259 e. The number of hydrogen-bond acceptors (Lipinski definition) is 5.